The summed E-state index contributed by atoms with van der Waals surface area (Å²) in [6, 6.07) is 11.2. The van der Waals surface area contributed by atoms with Gasteiger partial charge in [0.25, 0.3) is 5.91 Å². The van der Waals surface area contributed by atoms with Gasteiger partial charge in [0.1, 0.15) is 11.9 Å². The lowest BCUT2D eigenvalue weighted by atomic mass is 10.1. The molecule has 1 heterocycles. The number of nitrogen functional groups attached to an aromatic ring is 1. The van der Waals surface area contributed by atoms with Crippen molar-refractivity contribution in [3.05, 3.63) is 64.7 Å². The Hall–Kier alpha value is -3.88. The fraction of sp³-hybridized carbons (Fsp3) is 0.238. The number of fused-ring (bicyclic) bond motifs is 1. The van der Waals surface area contributed by atoms with E-state index in [1.54, 1.807) is 49.5 Å². The highest BCUT2D eigenvalue weighted by molar-refractivity contribution is 5.96. The minimum Gasteiger partial charge on any atom is -0.481 e. The molecule has 3 rings (SSSR count). The molecule has 30 heavy (non-hydrogen) atoms. The topological polar surface area (TPSA) is 149 Å². The molecule has 1 aliphatic rings. The van der Waals surface area contributed by atoms with Crippen molar-refractivity contribution in [2.45, 2.75) is 25.6 Å². The van der Waals surface area contributed by atoms with Crippen LogP contribution in [0.3, 0.4) is 0 Å². The van der Waals surface area contributed by atoms with Gasteiger partial charge in [-0.15, -0.1) is 0 Å². The first-order valence-electron chi connectivity index (χ1n) is 9.32. The van der Waals surface area contributed by atoms with Crippen LogP contribution in [0, 0.1) is 5.41 Å². The average Bonchev–Trinajstić information content (AvgIpc) is 2.82. The van der Waals surface area contributed by atoms with Gasteiger partial charge >= 0.3 is 5.97 Å². The number of nitrogens with one attached hydrogen (secondary N) is 3. The molecule has 0 aromatic heterocycles. The highest BCUT2D eigenvalue weighted by Crippen LogP contribution is 2.25. The maximum atomic E-state index is 12.6. The maximum Gasteiger partial charge on any atom is 0.305 e. The van der Waals surface area contributed by atoms with Crippen molar-refractivity contribution < 1.29 is 19.5 Å². The number of nitrogens with zero attached hydrogens (tertiary/aromatic N) is 1. The predicted molar refractivity (Wildman–Crippen MR) is 111 cm³/mol. The molecule has 9 heteroatoms. The van der Waals surface area contributed by atoms with Gasteiger partial charge in [-0.25, -0.2) is 0 Å². The van der Waals surface area contributed by atoms with Crippen molar-refractivity contribution in [2.24, 2.45) is 5.73 Å². The van der Waals surface area contributed by atoms with Gasteiger partial charge in [-0.05, 0) is 23.3 Å². The Kier molecular flexibility index (Phi) is 6.01. The van der Waals surface area contributed by atoms with E-state index in [0.717, 1.165) is 11.1 Å². The van der Waals surface area contributed by atoms with Gasteiger partial charge in [-0.1, -0.05) is 30.3 Å². The molecule has 0 saturated carbocycles. The smallest absolute Gasteiger partial charge is 0.305 e. The van der Waals surface area contributed by atoms with Crippen LogP contribution in [0.25, 0.3) is 0 Å². The summed E-state index contributed by atoms with van der Waals surface area (Å²) in [5.74, 6) is -1.71. The number of carboxylic acid groups (broad SMARTS) is 1. The van der Waals surface area contributed by atoms with E-state index in [1.165, 1.54) is 4.90 Å². The molecule has 156 valence electrons. The maximum absolute atomic E-state index is 12.6. The van der Waals surface area contributed by atoms with Crippen LogP contribution in [0.1, 0.15) is 33.5 Å². The van der Waals surface area contributed by atoms with Crippen LogP contribution in [0.2, 0.25) is 0 Å². The second-order valence-corrected chi connectivity index (χ2v) is 7.15. The summed E-state index contributed by atoms with van der Waals surface area (Å²) >= 11 is 0. The summed E-state index contributed by atoms with van der Waals surface area (Å²) in [5.41, 5.74) is 8.66. The fourth-order valence-corrected chi connectivity index (χ4v) is 3.24. The molecule has 2 aromatic carbocycles. The number of carbonyl (C=O) groups excluding carboxylic acids is 2. The van der Waals surface area contributed by atoms with Crippen LogP contribution < -0.4 is 16.4 Å². The zero-order valence-electron chi connectivity index (χ0n) is 16.4. The van der Waals surface area contributed by atoms with Crippen LogP contribution in [-0.4, -0.2) is 46.7 Å². The van der Waals surface area contributed by atoms with Crippen molar-refractivity contribution in [3.63, 3.8) is 0 Å². The highest BCUT2D eigenvalue weighted by atomic mass is 16.4. The molecule has 0 bridgehead atoms. The Morgan fingerprint density at radius 2 is 1.90 bits per heavy atom. The monoisotopic (exact) mass is 409 g/mol. The Morgan fingerprint density at radius 1 is 1.23 bits per heavy atom. The molecular weight excluding hydrogens is 386 g/mol. The Bertz CT molecular complexity index is 1000. The molecule has 0 saturated heterocycles. The zero-order chi connectivity index (χ0) is 21.8. The SMILES string of the molecule is CN1Cc2ccc(C(=O)NCc3ccc(C(=N)N)cc3)cc2N[C@H](CC(=O)O)C1=O. The number of aliphatic carboxylic acids is 1. The first kappa shape index (κ1) is 20.8. The molecule has 9 nitrogen and oxygen atoms in total. The van der Waals surface area contributed by atoms with Crippen molar-refractivity contribution in [3.8, 4) is 0 Å². The van der Waals surface area contributed by atoms with Crippen molar-refractivity contribution in [2.75, 3.05) is 12.4 Å². The van der Waals surface area contributed by atoms with Gasteiger partial charge in [0, 0.05) is 37.0 Å². The third-order valence-corrected chi connectivity index (χ3v) is 4.88. The molecule has 1 aliphatic heterocycles. The van der Waals surface area contributed by atoms with Gasteiger partial charge in [-0.2, -0.15) is 0 Å². The molecule has 2 aromatic rings. The molecule has 6 N–H and O–H groups in total. The summed E-state index contributed by atoms with van der Waals surface area (Å²) in [6.45, 7) is 0.617. The number of carboxylic acids is 1. The van der Waals surface area contributed by atoms with Crippen molar-refractivity contribution >= 4 is 29.3 Å². The first-order chi connectivity index (χ1) is 14.2. The molecule has 0 spiro atoms. The molecule has 0 unspecified atom stereocenters. The third-order valence-electron chi connectivity index (χ3n) is 4.88. The van der Waals surface area contributed by atoms with E-state index in [1.807, 2.05) is 0 Å². The largest absolute Gasteiger partial charge is 0.481 e. The lowest BCUT2D eigenvalue weighted by Gasteiger charge is -2.19. The van der Waals surface area contributed by atoms with Gasteiger partial charge in [0.2, 0.25) is 5.91 Å². The van der Waals surface area contributed by atoms with Crippen LogP contribution in [0.5, 0.6) is 0 Å². The number of amidine groups is 1. The van der Waals surface area contributed by atoms with E-state index in [0.29, 0.717) is 29.9 Å². The summed E-state index contributed by atoms with van der Waals surface area (Å²) in [4.78, 5) is 37.6. The Labute approximate surface area is 173 Å². The number of carbonyl (C=O) groups is 3. The highest BCUT2D eigenvalue weighted by Gasteiger charge is 2.29. The molecule has 0 radical (unpaired) electrons. The molecule has 0 aliphatic carbocycles. The van der Waals surface area contributed by atoms with Crippen LogP contribution in [0.15, 0.2) is 42.5 Å². The normalized spacial score (nSPS) is 15.6. The molecule has 1 atom stereocenters. The molecule has 0 fully saturated rings. The summed E-state index contributed by atoms with van der Waals surface area (Å²) in [6.07, 6.45) is -0.352. The van der Waals surface area contributed by atoms with Crippen LogP contribution in [-0.2, 0) is 22.7 Å². The summed E-state index contributed by atoms with van der Waals surface area (Å²) in [7, 11) is 1.62. The van der Waals surface area contributed by atoms with Gasteiger partial charge in [0.05, 0.1) is 6.42 Å². The summed E-state index contributed by atoms with van der Waals surface area (Å²) < 4.78 is 0. The van der Waals surface area contributed by atoms with E-state index < -0.39 is 12.0 Å². The molecule has 2 amide bonds. The zero-order valence-corrected chi connectivity index (χ0v) is 16.4. The number of hydrogen-bond donors (Lipinski definition) is 5. The van der Waals surface area contributed by atoms with E-state index >= 15 is 0 Å². The van der Waals surface area contributed by atoms with E-state index in [4.69, 9.17) is 16.2 Å². The molecular formula is C21H23N5O4. The van der Waals surface area contributed by atoms with Crippen molar-refractivity contribution in [1.29, 1.82) is 5.41 Å². The van der Waals surface area contributed by atoms with Crippen molar-refractivity contribution in [1.82, 2.24) is 10.2 Å². The van der Waals surface area contributed by atoms with E-state index in [2.05, 4.69) is 10.6 Å². The number of hydrogen-bond acceptors (Lipinski definition) is 5. The number of likely N-dealkylation sites (N-methyl/N-ethyl adjacent to an activating group) is 1. The number of benzene rings is 2. The minimum absolute atomic E-state index is 0.0200. The van der Waals surface area contributed by atoms with E-state index in [9.17, 15) is 14.4 Å². The summed E-state index contributed by atoms with van der Waals surface area (Å²) in [5, 5.41) is 22.3. The second-order valence-electron chi connectivity index (χ2n) is 7.15. The number of nitrogens with two attached hydrogens (primary N) is 1. The van der Waals surface area contributed by atoms with Gasteiger partial charge in [0.15, 0.2) is 0 Å². The van der Waals surface area contributed by atoms with Gasteiger partial charge in [-0.3, -0.25) is 19.8 Å². The van der Waals surface area contributed by atoms with Crippen LogP contribution >= 0.6 is 0 Å². The fourth-order valence-electron chi connectivity index (χ4n) is 3.24. The standard InChI is InChI=1S/C21H23N5O4/c1-26-11-15-7-6-14(8-16(15)25-17(21(26)30)9-18(27)28)20(29)24-10-12-2-4-13(5-3-12)19(22)23/h2-8,17,25H,9-11H2,1H3,(H3,22,23)(H,24,29)(H,27,28)/t17-/m1/s1. The van der Waals surface area contributed by atoms with E-state index in [-0.39, 0.29) is 24.1 Å². The lowest BCUT2D eigenvalue weighted by molar-refractivity contribution is -0.141. The second kappa shape index (κ2) is 8.64. The predicted octanol–water partition coefficient (Wildman–Crippen LogP) is 1.13. The average molecular weight is 409 g/mol. The Morgan fingerprint density at radius 3 is 2.53 bits per heavy atom. The third kappa shape index (κ3) is 4.75. The quantitative estimate of drug-likeness (QED) is 0.357. The Balaban J connectivity index is 1.73. The van der Waals surface area contributed by atoms with Crippen LogP contribution in [0.4, 0.5) is 5.69 Å². The van der Waals surface area contributed by atoms with Gasteiger partial charge < -0.3 is 26.4 Å². The first-order valence-corrected chi connectivity index (χ1v) is 9.32. The number of amides is 2. The lowest BCUT2D eigenvalue weighted by Crippen LogP contribution is -2.39. The number of anilines is 1. The number of rotatable bonds is 6. The minimum atomic E-state index is -1.08.